The molecule has 1 N–H and O–H groups in total. The Bertz CT molecular complexity index is 980. The number of nitrogens with zero attached hydrogens (tertiary/aromatic N) is 4. The van der Waals surface area contributed by atoms with Crippen molar-refractivity contribution in [1.29, 1.82) is 0 Å². The fraction of sp³-hybridized carbons (Fsp3) is 0.333. The number of para-hydroxylation sites is 2. The summed E-state index contributed by atoms with van der Waals surface area (Å²) in [6.45, 7) is 13.1. The molecule has 3 rings (SSSR count). The number of halogens is 2. The number of rotatable bonds is 4. The average Bonchev–Trinajstić information content (AvgIpc) is 3.18. The van der Waals surface area contributed by atoms with Gasteiger partial charge < -0.3 is 0 Å². The van der Waals surface area contributed by atoms with Gasteiger partial charge in [-0.05, 0) is 34.1 Å². The molecule has 0 spiro atoms. The summed E-state index contributed by atoms with van der Waals surface area (Å²) in [5.41, 5.74) is 4.28. The van der Waals surface area contributed by atoms with Crippen molar-refractivity contribution in [1.82, 2.24) is 15.2 Å². The van der Waals surface area contributed by atoms with Gasteiger partial charge in [-0.1, -0.05) is 77.9 Å². The predicted molar refractivity (Wildman–Crippen MR) is 133 cm³/mol. The van der Waals surface area contributed by atoms with Crippen molar-refractivity contribution in [3.05, 3.63) is 71.3 Å². The van der Waals surface area contributed by atoms with Crippen LogP contribution in [0.15, 0.2) is 58.5 Å². The number of aromatic amines is 1. The summed E-state index contributed by atoms with van der Waals surface area (Å²) in [7, 11) is 9.53. The van der Waals surface area contributed by atoms with Crippen LogP contribution in [0.5, 0.6) is 0 Å². The Morgan fingerprint density at radius 2 is 1.22 bits per heavy atom. The second-order valence-electron chi connectivity index (χ2n) is 9.18. The van der Waals surface area contributed by atoms with Crippen LogP contribution in [0.1, 0.15) is 64.3 Å². The third-order valence-corrected chi connectivity index (χ3v) is 4.59. The molecule has 0 fully saturated rings. The van der Waals surface area contributed by atoms with Gasteiger partial charge in [0.2, 0.25) is 0 Å². The average molecular weight is 514 g/mol. The van der Waals surface area contributed by atoms with Crippen LogP contribution in [0.3, 0.4) is 0 Å². The van der Waals surface area contributed by atoms with Crippen molar-refractivity contribution in [2.45, 2.75) is 52.4 Å². The van der Waals surface area contributed by atoms with E-state index in [1.807, 2.05) is 36.4 Å². The first-order valence-corrected chi connectivity index (χ1v) is 13.1. The summed E-state index contributed by atoms with van der Waals surface area (Å²) in [4.78, 5) is 13.7. The molecule has 1 heterocycles. The van der Waals surface area contributed by atoms with Gasteiger partial charge in [-0.15, -0.1) is 0 Å². The number of hydrogen-bond acceptors (Lipinski definition) is 4. The van der Waals surface area contributed by atoms with E-state index in [1.165, 1.54) is 11.1 Å². The summed E-state index contributed by atoms with van der Waals surface area (Å²) in [6.07, 6.45) is 3.39. The first-order valence-electron chi connectivity index (χ1n) is 10.1. The van der Waals surface area contributed by atoms with Crippen LogP contribution in [0.4, 0.5) is 11.4 Å². The molecule has 32 heavy (non-hydrogen) atoms. The second-order valence-corrected chi connectivity index (χ2v) is 11.0. The van der Waals surface area contributed by atoms with E-state index in [1.54, 1.807) is 12.4 Å². The van der Waals surface area contributed by atoms with E-state index in [9.17, 15) is 0 Å². The molecule has 0 aliphatic rings. The molecule has 0 saturated carbocycles. The monoisotopic (exact) mass is 513 g/mol. The molecule has 0 aliphatic carbocycles. The maximum absolute atomic E-state index is 4.76. The van der Waals surface area contributed by atoms with E-state index in [4.69, 9.17) is 20.2 Å². The zero-order valence-corrected chi connectivity index (χ0v) is 21.8. The molecule has 172 valence electrons. The van der Waals surface area contributed by atoms with Gasteiger partial charge in [0.1, 0.15) is 0 Å². The van der Waals surface area contributed by atoms with Crippen molar-refractivity contribution < 1.29 is 13.1 Å². The molecule has 0 unspecified atom stereocenters. The summed E-state index contributed by atoms with van der Waals surface area (Å²) in [5.74, 6) is 1.12. The van der Waals surface area contributed by atoms with E-state index < -0.39 is 0 Å². The van der Waals surface area contributed by atoms with Gasteiger partial charge in [0.25, 0.3) is 0 Å². The van der Waals surface area contributed by atoms with Crippen LogP contribution >= 0.6 is 20.2 Å². The molecule has 0 aliphatic heterocycles. The molecule has 0 radical (unpaired) electrons. The van der Waals surface area contributed by atoms with Gasteiger partial charge in [0.15, 0.2) is 11.6 Å². The van der Waals surface area contributed by atoms with E-state index in [0.29, 0.717) is 11.6 Å². The van der Waals surface area contributed by atoms with Crippen LogP contribution < -0.4 is 0 Å². The van der Waals surface area contributed by atoms with Crippen LogP contribution in [-0.2, 0) is 24.0 Å². The molecular formula is C24H29Cl2FeN5. The fourth-order valence-corrected chi connectivity index (χ4v) is 3.10. The number of hydrogen-bond donors (Lipinski definition) is 1. The Hall–Kier alpha value is -1.98. The predicted octanol–water partition coefficient (Wildman–Crippen LogP) is 7.28. The minimum atomic E-state index is 0.0190. The van der Waals surface area contributed by atoms with Crippen molar-refractivity contribution in [2.75, 3.05) is 0 Å². The van der Waals surface area contributed by atoms with Gasteiger partial charge in [0.05, 0.1) is 23.8 Å². The van der Waals surface area contributed by atoms with Gasteiger partial charge in [-0.25, -0.2) is 4.98 Å². The Morgan fingerprint density at radius 3 is 1.69 bits per heavy atom. The van der Waals surface area contributed by atoms with Gasteiger partial charge in [-0.3, -0.25) is 15.1 Å². The van der Waals surface area contributed by atoms with Crippen molar-refractivity contribution >= 4 is 44.0 Å². The summed E-state index contributed by atoms with van der Waals surface area (Å²) in [5, 5.41) is 7.14. The SMILES string of the molecule is CC(C)(C)c1ccccc1N=Cc1n[nH]c(C=Nc2ccccc2C(C)(C)C)n1.[Cl][Fe][Cl]. The van der Waals surface area contributed by atoms with E-state index in [2.05, 4.69) is 78.8 Å². The van der Waals surface area contributed by atoms with Gasteiger partial charge in [0, 0.05) is 0 Å². The molecule has 3 aromatic rings. The maximum atomic E-state index is 4.76. The Morgan fingerprint density at radius 1 is 0.781 bits per heavy atom. The molecule has 0 amide bonds. The van der Waals surface area contributed by atoms with E-state index in [0.717, 1.165) is 11.4 Å². The Balaban J connectivity index is 0.00000114. The first-order chi connectivity index (χ1) is 15.1. The molecule has 1 aromatic heterocycles. The fourth-order valence-electron chi connectivity index (χ4n) is 3.10. The zero-order valence-electron chi connectivity index (χ0n) is 19.2. The topological polar surface area (TPSA) is 66.3 Å². The Labute approximate surface area is 205 Å². The van der Waals surface area contributed by atoms with Crippen molar-refractivity contribution in [3.63, 3.8) is 0 Å². The molecule has 8 heteroatoms. The number of nitrogens with one attached hydrogen (secondary N) is 1. The molecular weight excluding hydrogens is 485 g/mol. The molecule has 2 aromatic carbocycles. The minimum absolute atomic E-state index is 0.0190. The normalized spacial score (nSPS) is 12.4. The van der Waals surface area contributed by atoms with Gasteiger partial charge in [-0.2, -0.15) is 5.10 Å². The standard InChI is InChI=1S/C24H29N5.2ClH.Fe/c1-23(2,3)17-11-7-9-13-19(17)25-15-21-27-22(29-28-21)16-26-20-14-10-8-12-18(20)24(4,5)6;;;/h7-16H,1-6H3,(H,27,28,29);2*1H;/q;;;+2/p-2. The van der Waals surface area contributed by atoms with Crippen molar-refractivity contribution in [3.8, 4) is 0 Å². The quantitative estimate of drug-likeness (QED) is 0.294. The molecule has 0 atom stereocenters. The third kappa shape index (κ3) is 7.86. The van der Waals surface area contributed by atoms with Gasteiger partial charge >= 0.3 is 33.3 Å². The number of aliphatic imine (C=N–C) groups is 2. The van der Waals surface area contributed by atoms with Crippen LogP contribution in [0.2, 0.25) is 0 Å². The van der Waals surface area contributed by atoms with Crippen molar-refractivity contribution in [2.24, 2.45) is 9.98 Å². The van der Waals surface area contributed by atoms with E-state index in [-0.39, 0.29) is 24.0 Å². The summed E-state index contributed by atoms with van der Waals surface area (Å²) < 4.78 is 0. The van der Waals surface area contributed by atoms with Crippen LogP contribution in [0.25, 0.3) is 0 Å². The molecule has 5 nitrogen and oxygen atoms in total. The van der Waals surface area contributed by atoms with Crippen LogP contribution in [-0.4, -0.2) is 27.6 Å². The van der Waals surface area contributed by atoms with Crippen LogP contribution in [0, 0.1) is 0 Å². The number of benzene rings is 2. The Kier molecular flexibility index (Phi) is 9.65. The molecule has 0 saturated heterocycles. The number of H-pyrrole nitrogens is 1. The second kappa shape index (κ2) is 11.8. The molecule has 0 bridgehead atoms. The van der Waals surface area contributed by atoms with E-state index >= 15 is 0 Å². The first kappa shape index (κ1) is 26.3. The third-order valence-electron chi connectivity index (χ3n) is 4.59. The summed E-state index contributed by atoms with van der Waals surface area (Å²) in [6, 6.07) is 16.3. The number of aromatic nitrogens is 3. The zero-order chi connectivity index (χ0) is 23.8. The summed E-state index contributed by atoms with van der Waals surface area (Å²) >= 11 is 0.194.